The van der Waals surface area contributed by atoms with Crippen molar-refractivity contribution in [3.8, 4) is 5.75 Å². The Labute approximate surface area is 132 Å². The molecule has 0 heterocycles. The van der Waals surface area contributed by atoms with E-state index in [1.807, 2.05) is 61.5 Å². The van der Waals surface area contributed by atoms with Gasteiger partial charge in [-0.25, -0.2) is 0 Å². The van der Waals surface area contributed by atoms with Crippen LogP contribution in [-0.4, -0.2) is 12.0 Å². The van der Waals surface area contributed by atoms with Crippen molar-refractivity contribution < 1.29 is 9.53 Å². The molecule has 0 bridgehead atoms. The Bertz CT molecular complexity index is 610. The van der Waals surface area contributed by atoms with Gasteiger partial charge in [-0.3, -0.25) is 4.79 Å². The summed E-state index contributed by atoms with van der Waals surface area (Å²) in [6.07, 6.45) is 0.311. The van der Waals surface area contributed by atoms with Crippen LogP contribution in [0.25, 0.3) is 0 Å². The molecule has 0 unspecified atom stereocenters. The Hall–Kier alpha value is -2.29. The highest BCUT2D eigenvalue weighted by molar-refractivity contribution is 5.81. The number of carbonyl (C=O) groups excluding carboxylic acids is 1. The first-order chi connectivity index (χ1) is 10.6. The molecular formula is C19H23NO2. The number of amides is 1. The van der Waals surface area contributed by atoms with Crippen LogP contribution in [0.2, 0.25) is 0 Å². The third-order valence-corrected chi connectivity index (χ3v) is 3.69. The number of benzene rings is 2. The molecule has 1 amide bonds. The van der Waals surface area contributed by atoms with Crippen molar-refractivity contribution in [2.45, 2.75) is 39.3 Å². The first kappa shape index (κ1) is 16.1. The maximum Gasteiger partial charge on any atom is 0.261 e. The highest BCUT2D eigenvalue weighted by Gasteiger charge is 2.19. The molecule has 0 fully saturated rings. The van der Waals surface area contributed by atoms with Crippen molar-refractivity contribution in [2.24, 2.45) is 0 Å². The fraction of sp³-hybridized carbons (Fsp3) is 0.316. The van der Waals surface area contributed by atoms with Gasteiger partial charge in [0.25, 0.3) is 5.91 Å². The van der Waals surface area contributed by atoms with Gasteiger partial charge in [-0.1, -0.05) is 55.5 Å². The van der Waals surface area contributed by atoms with E-state index in [9.17, 15) is 4.79 Å². The largest absolute Gasteiger partial charge is 0.481 e. The van der Waals surface area contributed by atoms with Crippen molar-refractivity contribution in [2.75, 3.05) is 0 Å². The molecule has 0 saturated heterocycles. The molecule has 2 aromatic carbocycles. The Morgan fingerprint density at radius 1 is 1.09 bits per heavy atom. The average molecular weight is 297 g/mol. The average Bonchev–Trinajstić information content (AvgIpc) is 2.55. The number of hydrogen-bond acceptors (Lipinski definition) is 2. The Balaban J connectivity index is 2.00. The smallest absolute Gasteiger partial charge is 0.261 e. The summed E-state index contributed by atoms with van der Waals surface area (Å²) in [5.41, 5.74) is 2.14. The first-order valence-electron chi connectivity index (χ1n) is 7.69. The van der Waals surface area contributed by atoms with E-state index in [4.69, 9.17) is 4.74 Å². The number of aryl methyl sites for hydroxylation is 1. The van der Waals surface area contributed by atoms with Gasteiger partial charge in [0.05, 0.1) is 6.04 Å². The summed E-state index contributed by atoms with van der Waals surface area (Å²) < 4.78 is 5.78. The Kier molecular flexibility index (Phi) is 5.59. The van der Waals surface area contributed by atoms with E-state index in [-0.39, 0.29) is 11.9 Å². The normalized spacial score (nSPS) is 13.2. The minimum Gasteiger partial charge on any atom is -0.481 e. The topological polar surface area (TPSA) is 38.3 Å². The van der Waals surface area contributed by atoms with E-state index in [1.54, 1.807) is 6.92 Å². The van der Waals surface area contributed by atoms with Crippen LogP contribution >= 0.6 is 0 Å². The molecule has 116 valence electrons. The van der Waals surface area contributed by atoms with E-state index in [0.29, 0.717) is 0 Å². The van der Waals surface area contributed by atoms with Crippen molar-refractivity contribution in [3.63, 3.8) is 0 Å². The van der Waals surface area contributed by atoms with Crippen LogP contribution in [0, 0.1) is 6.92 Å². The monoisotopic (exact) mass is 297 g/mol. The molecule has 0 saturated carbocycles. The van der Waals surface area contributed by atoms with Gasteiger partial charge >= 0.3 is 0 Å². The molecule has 2 aromatic rings. The second-order valence-electron chi connectivity index (χ2n) is 5.41. The summed E-state index contributed by atoms with van der Waals surface area (Å²) in [7, 11) is 0. The zero-order valence-electron chi connectivity index (χ0n) is 13.4. The molecule has 0 aliphatic carbocycles. The number of carbonyl (C=O) groups is 1. The zero-order chi connectivity index (χ0) is 15.9. The van der Waals surface area contributed by atoms with E-state index < -0.39 is 6.10 Å². The van der Waals surface area contributed by atoms with E-state index in [0.717, 1.165) is 23.3 Å². The molecular weight excluding hydrogens is 274 g/mol. The first-order valence-corrected chi connectivity index (χ1v) is 7.69. The summed E-state index contributed by atoms with van der Waals surface area (Å²) in [6, 6.07) is 17.7. The molecule has 0 radical (unpaired) electrons. The summed E-state index contributed by atoms with van der Waals surface area (Å²) in [5.74, 6) is 0.650. The predicted octanol–water partition coefficient (Wildman–Crippen LogP) is 4.03. The fourth-order valence-electron chi connectivity index (χ4n) is 2.33. The lowest BCUT2D eigenvalue weighted by Gasteiger charge is -2.21. The molecule has 2 rings (SSSR count). The van der Waals surface area contributed by atoms with Crippen LogP contribution < -0.4 is 10.1 Å². The Morgan fingerprint density at radius 2 is 1.73 bits per heavy atom. The van der Waals surface area contributed by atoms with Gasteiger partial charge in [-0.2, -0.15) is 0 Å². The van der Waals surface area contributed by atoms with Gasteiger partial charge in [-0.05, 0) is 37.5 Å². The van der Waals surface area contributed by atoms with Crippen LogP contribution in [0.15, 0.2) is 54.6 Å². The highest BCUT2D eigenvalue weighted by Crippen LogP contribution is 2.19. The lowest BCUT2D eigenvalue weighted by atomic mass is 10.0. The number of para-hydroxylation sites is 1. The minimum atomic E-state index is -0.529. The number of hydrogen-bond donors (Lipinski definition) is 1. The quantitative estimate of drug-likeness (QED) is 0.874. The molecule has 0 spiro atoms. The van der Waals surface area contributed by atoms with E-state index in [1.165, 1.54) is 0 Å². The Morgan fingerprint density at radius 3 is 2.36 bits per heavy atom. The highest BCUT2D eigenvalue weighted by atomic mass is 16.5. The fourth-order valence-corrected chi connectivity index (χ4v) is 2.33. The molecule has 2 atom stereocenters. The minimum absolute atomic E-state index is 0.0108. The van der Waals surface area contributed by atoms with Gasteiger partial charge < -0.3 is 10.1 Å². The SMILES string of the molecule is CC[C@@H](NC(=O)[C@@H](C)Oc1ccccc1C)c1ccccc1. The zero-order valence-corrected chi connectivity index (χ0v) is 13.4. The maximum atomic E-state index is 12.4. The van der Waals surface area contributed by atoms with Crippen LogP contribution in [0.1, 0.15) is 37.4 Å². The van der Waals surface area contributed by atoms with Gasteiger partial charge in [0, 0.05) is 0 Å². The van der Waals surface area contributed by atoms with Crippen LogP contribution in [0.4, 0.5) is 0 Å². The summed E-state index contributed by atoms with van der Waals surface area (Å²) in [6.45, 7) is 5.81. The van der Waals surface area contributed by atoms with Crippen LogP contribution in [0.3, 0.4) is 0 Å². The molecule has 1 N–H and O–H groups in total. The van der Waals surface area contributed by atoms with Gasteiger partial charge in [-0.15, -0.1) is 0 Å². The maximum absolute atomic E-state index is 12.4. The number of rotatable bonds is 6. The van der Waals surface area contributed by atoms with Crippen molar-refractivity contribution in [3.05, 3.63) is 65.7 Å². The predicted molar refractivity (Wildman–Crippen MR) is 88.9 cm³/mol. The van der Waals surface area contributed by atoms with Crippen LogP contribution in [0.5, 0.6) is 5.75 Å². The second kappa shape index (κ2) is 7.64. The van der Waals surface area contributed by atoms with Crippen molar-refractivity contribution in [1.82, 2.24) is 5.32 Å². The third kappa shape index (κ3) is 4.10. The van der Waals surface area contributed by atoms with Gasteiger partial charge in [0.15, 0.2) is 6.10 Å². The van der Waals surface area contributed by atoms with E-state index in [2.05, 4.69) is 12.2 Å². The molecule has 22 heavy (non-hydrogen) atoms. The number of nitrogens with one attached hydrogen (secondary N) is 1. The van der Waals surface area contributed by atoms with Gasteiger partial charge in [0.2, 0.25) is 0 Å². The lowest BCUT2D eigenvalue weighted by molar-refractivity contribution is -0.128. The summed E-state index contributed by atoms with van der Waals surface area (Å²) in [5, 5.41) is 3.06. The van der Waals surface area contributed by atoms with Crippen LogP contribution in [-0.2, 0) is 4.79 Å². The number of ether oxygens (including phenoxy) is 1. The van der Waals surface area contributed by atoms with E-state index >= 15 is 0 Å². The molecule has 3 heteroatoms. The summed E-state index contributed by atoms with van der Waals surface area (Å²) in [4.78, 5) is 12.4. The molecule has 0 aliphatic rings. The van der Waals surface area contributed by atoms with Gasteiger partial charge in [0.1, 0.15) is 5.75 Å². The molecule has 0 aromatic heterocycles. The third-order valence-electron chi connectivity index (χ3n) is 3.69. The standard InChI is InChI=1S/C19H23NO2/c1-4-17(16-11-6-5-7-12-16)20-19(21)15(3)22-18-13-9-8-10-14(18)2/h5-13,15,17H,4H2,1-3H3,(H,20,21)/t15-,17-/m1/s1. The van der Waals surface area contributed by atoms with Crippen molar-refractivity contribution in [1.29, 1.82) is 0 Å². The summed E-state index contributed by atoms with van der Waals surface area (Å²) >= 11 is 0. The second-order valence-corrected chi connectivity index (χ2v) is 5.41. The lowest BCUT2D eigenvalue weighted by Crippen LogP contribution is -2.38. The molecule has 0 aliphatic heterocycles. The van der Waals surface area contributed by atoms with Crippen molar-refractivity contribution >= 4 is 5.91 Å². The molecule has 3 nitrogen and oxygen atoms in total.